The van der Waals surface area contributed by atoms with Gasteiger partial charge in [-0.15, -0.1) is 5.10 Å². The smallest absolute Gasteiger partial charge is 0.292 e. The van der Waals surface area contributed by atoms with Crippen LogP contribution < -0.4 is 0 Å². The molecule has 0 aliphatic rings. The Morgan fingerprint density at radius 1 is 1.05 bits per heavy atom. The van der Waals surface area contributed by atoms with Crippen molar-refractivity contribution in [3.63, 3.8) is 0 Å². The van der Waals surface area contributed by atoms with Crippen LogP contribution in [0.4, 0.5) is 0 Å². The first kappa shape index (κ1) is 14.3. The Morgan fingerprint density at radius 3 is 2.48 bits per heavy atom. The van der Waals surface area contributed by atoms with Gasteiger partial charge in [-0.25, -0.2) is 0 Å². The molecule has 0 atom stereocenters. The maximum absolute atomic E-state index is 6.25. The standard InChI is InChI=1S/C15H10Cl2N2OS/c1-9-5-4-8-12(17)13(9)19-15(21)20-14(18-19)10-6-2-3-7-11(10)16/h2-8H,1H3. The fourth-order valence-corrected chi connectivity index (χ4v) is 2.78. The molecule has 3 nitrogen and oxygen atoms in total. The Balaban J connectivity index is 2.20. The van der Waals surface area contributed by atoms with Crippen LogP contribution in [-0.2, 0) is 0 Å². The molecular weight excluding hydrogens is 327 g/mol. The largest absolute Gasteiger partial charge is 0.409 e. The first-order valence-electron chi connectivity index (χ1n) is 6.18. The number of aromatic nitrogens is 2. The van der Waals surface area contributed by atoms with Gasteiger partial charge >= 0.3 is 0 Å². The van der Waals surface area contributed by atoms with Gasteiger partial charge in [0.1, 0.15) is 0 Å². The number of para-hydroxylation sites is 1. The van der Waals surface area contributed by atoms with Gasteiger partial charge in [0.05, 0.1) is 21.3 Å². The fraction of sp³-hybridized carbons (Fsp3) is 0.0667. The van der Waals surface area contributed by atoms with E-state index >= 15 is 0 Å². The van der Waals surface area contributed by atoms with Crippen molar-refractivity contribution in [2.45, 2.75) is 6.92 Å². The SMILES string of the molecule is Cc1cccc(Cl)c1-n1nc(-c2ccccc2Cl)oc1=S. The van der Waals surface area contributed by atoms with Crippen molar-refractivity contribution in [3.05, 3.63) is 62.9 Å². The molecule has 1 aromatic heterocycles. The minimum Gasteiger partial charge on any atom is -0.409 e. The Kier molecular flexibility index (Phi) is 3.85. The number of hydrogen-bond acceptors (Lipinski definition) is 3. The van der Waals surface area contributed by atoms with Crippen molar-refractivity contribution >= 4 is 35.4 Å². The minimum atomic E-state index is 0.223. The molecule has 0 N–H and O–H groups in total. The second-order valence-corrected chi connectivity index (χ2v) is 5.63. The zero-order valence-corrected chi connectivity index (χ0v) is 13.3. The summed E-state index contributed by atoms with van der Waals surface area (Å²) in [5.74, 6) is 0.366. The fourth-order valence-electron chi connectivity index (χ4n) is 2.05. The molecule has 0 unspecified atom stereocenters. The highest BCUT2D eigenvalue weighted by atomic mass is 35.5. The number of hydrogen-bond donors (Lipinski definition) is 0. The van der Waals surface area contributed by atoms with E-state index in [1.807, 2.05) is 37.3 Å². The van der Waals surface area contributed by atoms with Crippen LogP contribution in [-0.4, -0.2) is 9.78 Å². The maximum Gasteiger partial charge on any atom is 0.292 e. The van der Waals surface area contributed by atoms with E-state index in [0.717, 1.165) is 5.56 Å². The molecule has 0 saturated carbocycles. The Hall–Kier alpha value is -1.62. The van der Waals surface area contributed by atoms with E-state index in [1.54, 1.807) is 12.1 Å². The second kappa shape index (κ2) is 5.64. The highest BCUT2D eigenvalue weighted by Crippen LogP contribution is 2.29. The first-order valence-corrected chi connectivity index (χ1v) is 7.35. The highest BCUT2D eigenvalue weighted by molar-refractivity contribution is 7.71. The first-order chi connectivity index (χ1) is 10.1. The number of aryl methyl sites for hydroxylation is 1. The van der Waals surface area contributed by atoms with Gasteiger partial charge in [0.25, 0.3) is 4.84 Å². The predicted octanol–water partition coefficient (Wildman–Crippen LogP) is 5.48. The third kappa shape index (κ3) is 2.62. The minimum absolute atomic E-state index is 0.223. The Labute approximate surface area is 136 Å². The van der Waals surface area contributed by atoms with Crippen LogP contribution in [0.5, 0.6) is 0 Å². The molecule has 2 aromatic carbocycles. The number of benzene rings is 2. The van der Waals surface area contributed by atoms with E-state index in [2.05, 4.69) is 5.10 Å². The van der Waals surface area contributed by atoms with Gasteiger partial charge in [0, 0.05) is 0 Å². The quantitative estimate of drug-likeness (QED) is 0.581. The van der Waals surface area contributed by atoms with Crippen molar-refractivity contribution in [1.82, 2.24) is 9.78 Å². The molecule has 6 heteroatoms. The van der Waals surface area contributed by atoms with Gasteiger partial charge in [0.2, 0.25) is 5.89 Å². The molecule has 0 aliphatic heterocycles. The summed E-state index contributed by atoms with van der Waals surface area (Å²) < 4.78 is 7.09. The number of rotatable bonds is 2. The summed E-state index contributed by atoms with van der Waals surface area (Å²) >= 11 is 17.7. The van der Waals surface area contributed by atoms with Crippen molar-refractivity contribution in [2.24, 2.45) is 0 Å². The topological polar surface area (TPSA) is 31.0 Å². The molecule has 3 aromatic rings. The summed E-state index contributed by atoms with van der Waals surface area (Å²) in [6.07, 6.45) is 0. The van der Waals surface area contributed by atoms with Gasteiger partial charge in [-0.1, -0.05) is 47.5 Å². The van der Waals surface area contributed by atoms with Gasteiger partial charge in [0.15, 0.2) is 0 Å². The third-order valence-corrected chi connectivity index (χ3v) is 3.94. The van der Waals surface area contributed by atoms with Crippen LogP contribution in [0.25, 0.3) is 17.1 Å². The lowest BCUT2D eigenvalue weighted by atomic mass is 10.2. The van der Waals surface area contributed by atoms with E-state index in [-0.39, 0.29) is 4.84 Å². The van der Waals surface area contributed by atoms with Gasteiger partial charge in [-0.2, -0.15) is 4.68 Å². The van der Waals surface area contributed by atoms with Gasteiger partial charge in [-0.3, -0.25) is 0 Å². The van der Waals surface area contributed by atoms with E-state index < -0.39 is 0 Å². The highest BCUT2D eigenvalue weighted by Gasteiger charge is 2.15. The molecule has 0 spiro atoms. The molecule has 0 amide bonds. The number of halogens is 2. The molecule has 106 valence electrons. The molecule has 0 fully saturated rings. The molecule has 0 bridgehead atoms. The molecule has 1 heterocycles. The van der Waals surface area contributed by atoms with Crippen LogP contribution in [0.3, 0.4) is 0 Å². The molecule has 21 heavy (non-hydrogen) atoms. The lowest BCUT2D eigenvalue weighted by molar-refractivity contribution is 0.543. The van der Waals surface area contributed by atoms with Crippen LogP contribution in [0, 0.1) is 11.8 Å². The van der Waals surface area contributed by atoms with E-state index in [0.29, 0.717) is 27.2 Å². The van der Waals surface area contributed by atoms with Crippen molar-refractivity contribution in [3.8, 4) is 17.1 Å². The number of nitrogens with zero attached hydrogens (tertiary/aromatic N) is 2. The molecule has 0 aliphatic carbocycles. The van der Waals surface area contributed by atoms with Crippen molar-refractivity contribution in [2.75, 3.05) is 0 Å². The summed E-state index contributed by atoms with van der Waals surface area (Å²) in [6.45, 7) is 1.94. The van der Waals surface area contributed by atoms with Crippen molar-refractivity contribution in [1.29, 1.82) is 0 Å². The van der Waals surface area contributed by atoms with Crippen LogP contribution in [0.2, 0.25) is 10.0 Å². The molecular formula is C15H10Cl2N2OS. The average Bonchev–Trinajstić information content (AvgIpc) is 2.81. The summed E-state index contributed by atoms with van der Waals surface area (Å²) in [4.78, 5) is 0.223. The van der Waals surface area contributed by atoms with Crippen LogP contribution in [0.15, 0.2) is 46.9 Å². The van der Waals surface area contributed by atoms with Gasteiger partial charge < -0.3 is 4.42 Å². The average molecular weight is 337 g/mol. The summed E-state index contributed by atoms with van der Waals surface area (Å²) in [6, 6.07) is 12.9. The third-order valence-electron chi connectivity index (χ3n) is 3.05. The summed E-state index contributed by atoms with van der Waals surface area (Å²) in [5, 5.41) is 5.52. The summed E-state index contributed by atoms with van der Waals surface area (Å²) in [5.41, 5.74) is 2.36. The predicted molar refractivity (Wildman–Crippen MR) is 86.9 cm³/mol. The lowest BCUT2D eigenvalue weighted by Crippen LogP contribution is -2.00. The molecule has 3 rings (SSSR count). The zero-order valence-electron chi connectivity index (χ0n) is 11.0. The molecule has 0 saturated heterocycles. The maximum atomic E-state index is 6.25. The van der Waals surface area contributed by atoms with Gasteiger partial charge in [-0.05, 0) is 42.9 Å². The van der Waals surface area contributed by atoms with Crippen LogP contribution in [0.1, 0.15) is 5.56 Å². The summed E-state index contributed by atoms with van der Waals surface area (Å²) in [7, 11) is 0. The second-order valence-electron chi connectivity index (χ2n) is 4.47. The Bertz CT molecular complexity index is 850. The zero-order chi connectivity index (χ0) is 15.0. The van der Waals surface area contributed by atoms with E-state index in [9.17, 15) is 0 Å². The lowest BCUT2D eigenvalue weighted by Gasteiger charge is -2.06. The van der Waals surface area contributed by atoms with E-state index in [1.165, 1.54) is 4.68 Å². The van der Waals surface area contributed by atoms with E-state index in [4.69, 9.17) is 39.8 Å². The van der Waals surface area contributed by atoms with Crippen molar-refractivity contribution < 1.29 is 4.42 Å². The normalized spacial score (nSPS) is 10.8. The molecule has 0 radical (unpaired) electrons. The van der Waals surface area contributed by atoms with Crippen LogP contribution >= 0.6 is 35.4 Å². The monoisotopic (exact) mass is 336 g/mol. The Morgan fingerprint density at radius 2 is 1.76 bits per heavy atom.